The van der Waals surface area contributed by atoms with E-state index in [1.54, 1.807) is 13.0 Å². The molecule has 2 aliphatic rings. The standard InChI is InChI=1S/C16H18N4O3/c1-3-4-13-11-16(23-18-13)7-9-19(10-8-16)15-14(20(21)22)6-5-12(2)17-15/h5-6,11,18H,7-10H2,1-2H3. The number of anilines is 1. The highest BCUT2D eigenvalue weighted by atomic mass is 16.7. The van der Waals surface area contributed by atoms with Crippen LogP contribution in [0.1, 0.15) is 25.5 Å². The number of pyridine rings is 1. The molecule has 0 unspecified atom stereocenters. The van der Waals surface area contributed by atoms with Crippen LogP contribution in [-0.4, -0.2) is 28.6 Å². The van der Waals surface area contributed by atoms with Gasteiger partial charge in [-0.05, 0) is 31.9 Å². The Labute approximate surface area is 134 Å². The van der Waals surface area contributed by atoms with Gasteiger partial charge in [-0.15, -0.1) is 0 Å². The van der Waals surface area contributed by atoms with E-state index in [-0.39, 0.29) is 16.2 Å². The molecule has 1 N–H and O–H groups in total. The first-order valence-electron chi connectivity index (χ1n) is 7.50. The monoisotopic (exact) mass is 314 g/mol. The minimum atomic E-state index is -0.381. The number of nitro groups is 1. The largest absolute Gasteiger partial charge is 0.351 e. The number of nitrogens with zero attached hydrogens (tertiary/aromatic N) is 3. The molecule has 0 atom stereocenters. The van der Waals surface area contributed by atoms with Crippen molar-refractivity contribution in [2.75, 3.05) is 18.0 Å². The molecule has 0 bridgehead atoms. The van der Waals surface area contributed by atoms with Crippen molar-refractivity contribution in [3.8, 4) is 11.8 Å². The van der Waals surface area contributed by atoms with Gasteiger partial charge in [0.2, 0.25) is 5.82 Å². The molecular formula is C16H18N4O3. The Kier molecular flexibility index (Phi) is 3.92. The Morgan fingerprint density at radius 2 is 2.17 bits per heavy atom. The van der Waals surface area contributed by atoms with Crippen LogP contribution >= 0.6 is 0 Å². The lowest BCUT2D eigenvalue weighted by atomic mass is 9.91. The summed E-state index contributed by atoms with van der Waals surface area (Å²) in [5, 5.41) is 11.2. The minimum absolute atomic E-state index is 0.0464. The summed E-state index contributed by atoms with van der Waals surface area (Å²) in [5.41, 5.74) is 4.07. The van der Waals surface area contributed by atoms with Crippen LogP contribution in [0.25, 0.3) is 0 Å². The molecule has 1 saturated heterocycles. The van der Waals surface area contributed by atoms with Crippen LogP contribution in [0.4, 0.5) is 11.5 Å². The number of nitrogens with one attached hydrogen (secondary N) is 1. The van der Waals surface area contributed by atoms with E-state index in [1.165, 1.54) is 6.07 Å². The summed E-state index contributed by atoms with van der Waals surface area (Å²) in [6.45, 7) is 4.89. The number of rotatable bonds is 2. The molecule has 3 rings (SSSR count). The molecule has 1 aromatic heterocycles. The third kappa shape index (κ3) is 2.98. The highest BCUT2D eigenvalue weighted by molar-refractivity contribution is 5.58. The van der Waals surface area contributed by atoms with Crippen molar-refractivity contribution in [1.82, 2.24) is 10.5 Å². The van der Waals surface area contributed by atoms with Crippen molar-refractivity contribution in [2.24, 2.45) is 0 Å². The molecule has 7 nitrogen and oxygen atoms in total. The first-order valence-corrected chi connectivity index (χ1v) is 7.50. The van der Waals surface area contributed by atoms with E-state index < -0.39 is 0 Å². The quantitative estimate of drug-likeness (QED) is 0.511. The topological polar surface area (TPSA) is 80.5 Å². The number of piperidine rings is 1. The fourth-order valence-electron chi connectivity index (χ4n) is 2.93. The van der Waals surface area contributed by atoms with E-state index in [0.717, 1.165) is 24.2 Å². The Bertz CT molecular complexity index is 725. The summed E-state index contributed by atoms with van der Waals surface area (Å²) in [7, 11) is 0. The normalized spacial score (nSPS) is 18.9. The van der Waals surface area contributed by atoms with Crippen molar-refractivity contribution in [2.45, 2.75) is 32.3 Å². The second-order valence-electron chi connectivity index (χ2n) is 5.74. The van der Waals surface area contributed by atoms with E-state index in [1.807, 2.05) is 17.9 Å². The van der Waals surface area contributed by atoms with Crippen molar-refractivity contribution < 1.29 is 9.76 Å². The molecule has 2 aliphatic heterocycles. The molecule has 0 saturated carbocycles. The lowest BCUT2D eigenvalue weighted by Crippen LogP contribution is -2.45. The summed E-state index contributed by atoms with van der Waals surface area (Å²) in [6, 6.07) is 3.18. The average Bonchev–Trinajstić information content (AvgIpc) is 2.91. The molecule has 7 heteroatoms. The summed E-state index contributed by atoms with van der Waals surface area (Å²) in [5.74, 6) is 6.22. The van der Waals surface area contributed by atoms with Gasteiger partial charge < -0.3 is 4.90 Å². The van der Waals surface area contributed by atoms with Gasteiger partial charge in [0.25, 0.3) is 0 Å². The average molecular weight is 314 g/mol. The number of hydrogen-bond donors (Lipinski definition) is 1. The van der Waals surface area contributed by atoms with Gasteiger partial charge in [-0.1, -0.05) is 5.92 Å². The lowest BCUT2D eigenvalue weighted by Gasteiger charge is -2.36. The van der Waals surface area contributed by atoms with E-state index in [4.69, 9.17) is 4.84 Å². The summed E-state index contributed by atoms with van der Waals surface area (Å²) in [6.07, 6.45) is 3.46. The Balaban J connectivity index is 1.79. The maximum Gasteiger partial charge on any atom is 0.311 e. The number of hydroxylamine groups is 1. The molecule has 0 radical (unpaired) electrons. The molecule has 1 spiro atoms. The maximum absolute atomic E-state index is 11.2. The molecule has 23 heavy (non-hydrogen) atoms. The van der Waals surface area contributed by atoms with Crippen LogP contribution < -0.4 is 10.4 Å². The van der Waals surface area contributed by atoms with Crippen LogP contribution in [0.15, 0.2) is 23.9 Å². The minimum Gasteiger partial charge on any atom is -0.351 e. The predicted octanol–water partition coefficient (Wildman–Crippen LogP) is 2.08. The number of aromatic nitrogens is 1. The first-order chi connectivity index (χ1) is 11.0. The third-order valence-corrected chi connectivity index (χ3v) is 4.13. The summed E-state index contributed by atoms with van der Waals surface area (Å²) < 4.78 is 0. The Morgan fingerprint density at radius 3 is 2.83 bits per heavy atom. The van der Waals surface area contributed by atoms with Crippen molar-refractivity contribution >= 4 is 11.5 Å². The van der Waals surface area contributed by atoms with E-state index in [9.17, 15) is 10.1 Å². The first kappa shape index (κ1) is 15.3. The van der Waals surface area contributed by atoms with Crippen LogP contribution in [0.5, 0.6) is 0 Å². The SMILES string of the molecule is CC#CC1=CC2(CCN(c3nc(C)ccc3[N+](=O)[O-])CC2)ON1. The van der Waals surface area contributed by atoms with Crippen molar-refractivity contribution in [1.29, 1.82) is 0 Å². The third-order valence-electron chi connectivity index (χ3n) is 4.13. The lowest BCUT2D eigenvalue weighted by molar-refractivity contribution is -0.384. The zero-order chi connectivity index (χ0) is 16.4. The van der Waals surface area contributed by atoms with Gasteiger partial charge in [0.15, 0.2) is 0 Å². The molecule has 0 aliphatic carbocycles. The molecule has 1 fully saturated rings. The molecule has 0 aromatic carbocycles. The number of allylic oxidation sites excluding steroid dienone is 1. The summed E-state index contributed by atoms with van der Waals surface area (Å²) >= 11 is 0. The van der Waals surface area contributed by atoms with E-state index in [2.05, 4.69) is 22.3 Å². The van der Waals surface area contributed by atoms with Gasteiger partial charge in [0, 0.05) is 37.7 Å². The smallest absolute Gasteiger partial charge is 0.311 e. The second-order valence-corrected chi connectivity index (χ2v) is 5.74. The van der Waals surface area contributed by atoms with Crippen LogP contribution in [-0.2, 0) is 4.84 Å². The van der Waals surface area contributed by atoms with Crippen LogP contribution in [0.2, 0.25) is 0 Å². The zero-order valence-electron chi connectivity index (χ0n) is 13.1. The maximum atomic E-state index is 11.2. The Hall–Kier alpha value is -2.59. The van der Waals surface area contributed by atoms with Gasteiger partial charge in [-0.3, -0.25) is 20.4 Å². The summed E-state index contributed by atoms with van der Waals surface area (Å²) in [4.78, 5) is 22.9. The molecular weight excluding hydrogens is 296 g/mol. The Morgan fingerprint density at radius 1 is 1.43 bits per heavy atom. The van der Waals surface area contributed by atoms with Gasteiger partial charge in [0.05, 0.1) is 4.92 Å². The highest BCUT2D eigenvalue weighted by Gasteiger charge is 2.39. The molecule has 0 amide bonds. The van der Waals surface area contributed by atoms with Crippen molar-refractivity contribution in [3.05, 3.63) is 39.7 Å². The van der Waals surface area contributed by atoms with Crippen LogP contribution in [0, 0.1) is 28.9 Å². The predicted molar refractivity (Wildman–Crippen MR) is 85.6 cm³/mol. The second kappa shape index (κ2) is 5.89. The van der Waals surface area contributed by atoms with Gasteiger partial charge >= 0.3 is 5.69 Å². The fraction of sp³-hybridized carbons (Fsp3) is 0.438. The van der Waals surface area contributed by atoms with Gasteiger partial charge in [-0.25, -0.2) is 4.98 Å². The van der Waals surface area contributed by atoms with Crippen molar-refractivity contribution in [3.63, 3.8) is 0 Å². The van der Waals surface area contributed by atoms with Crippen LogP contribution in [0.3, 0.4) is 0 Å². The van der Waals surface area contributed by atoms with Gasteiger partial charge in [0.1, 0.15) is 11.3 Å². The van der Waals surface area contributed by atoms with E-state index >= 15 is 0 Å². The number of aryl methyl sites for hydroxylation is 1. The fourth-order valence-corrected chi connectivity index (χ4v) is 2.93. The van der Waals surface area contributed by atoms with E-state index in [0.29, 0.717) is 18.9 Å². The molecule has 1 aromatic rings. The number of hydrogen-bond acceptors (Lipinski definition) is 6. The molecule has 120 valence electrons. The molecule has 3 heterocycles. The van der Waals surface area contributed by atoms with Gasteiger partial charge in [-0.2, -0.15) is 0 Å². The zero-order valence-corrected chi connectivity index (χ0v) is 13.1. The highest BCUT2D eigenvalue weighted by Crippen LogP contribution is 2.35.